The molecule has 2 N–H and O–H groups in total. The Morgan fingerprint density at radius 1 is 1.08 bits per heavy atom. The molecule has 0 amide bonds. The fourth-order valence-electron chi connectivity index (χ4n) is 0.953. The maximum atomic E-state index is 11.0. The lowest BCUT2D eigenvalue weighted by molar-refractivity contribution is -0.158. The molecule has 66 valence electrons. The number of hydrogen-bond acceptors (Lipinski definition) is 3. The summed E-state index contributed by atoms with van der Waals surface area (Å²) in [5, 5.41) is 16.8. The van der Waals surface area contributed by atoms with E-state index in [4.69, 9.17) is 10.2 Å². The number of rotatable bonds is 4. The van der Waals surface area contributed by atoms with Crippen molar-refractivity contribution in [3.05, 3.63) is 0 Å². The van der Waals surface area contributed by atoms with Crippen molar-refractivity contribution in [2.75, 3.05) is 0 Å². The van der Waals surface area contributed by atoms with Crippen molar-refractivity contribution < 1.29 is 24.6 Å². The summed E-state index contributed by atoms with van der Waals surface area (Å²) >= 11 is 0. The van der Waals surface area contributed by atoms with Gasteiger partial charge in [-0.1, -0.05) is 0 Å². The van der Waals surface area contributed by atoms with E-state index >= 15 is 0 Å². The quantitative estimate of drug-likeness (QED) is 0.570. The van der Waals surface area contributed by atoms with Gasteiger partial charge in [-0.2, -0.15) is 0 Å². The van der Waals surface area contributed by atoms with Crippen molar-refractivity contribution in [1.29, 1.82) is 0 Å². The van der Waals surface area contributed by atoms with Crippen LogP contribution in [0.15, 0.2) is 0 Å². The molecule has 5 nitrogen and oxygen atoms in total. The molecule has 1 saturated carbocycles. The highest BCUT2D eigenvalue weighted by Gasteiger charge is 2.42. The highest BCUT2D eigenvalue weighted by Crippen LogP contribution is 2.32. The van der Waals surface area contributed by atoms with Gasteiger partial charge in [-0.05, 0) is 12.8 Å². The highest BCUT2D eigenvalue weighted by atomic mass is 16.4. The van der Waals surface area contributed by atoms with E-state index in [1.807, 2.05) is 0 Å². The molecule has 0 saturated heterocycles. The molecule has 0 aromatic rings. The van der Waals surface area contributed by atoms with Gasteiger partial charge < -0.3 is 10.2 Å². The molecule has 0 aromatic heterocycles. The standard InChI is InChI=1S/C7H8O5/c8-5(3-1-2-3)4(6(9)10)7(11)12/h3-4H,1-2H2,(H,9,10)(H,11,12). The summed E-state index contributed by atoms with van der Waals surface area (Å²) < 4.78 is 0. The summed E-state index contributed by atoms with van der Waals surface area (Å²) in [7, 11) is 0. The lowest BCUT2D eigenvalue weighted by Crippen LogP contribution is -2.32. The molecule has 0 aromatic carbocycles. The van der Waals surface area contributed by atoms with Gasteiger partial charge in [0, 0.05) is 5.92 Å². The molecule has 0 spiro atoms. The normalized spacial score (nSPS) is 16.1. The van der Waals surface area contributed by atoms with Crippen LogP contribution in [0.4, 0.5) is 0 Å². The molecule has 0 bridgehead atoms. The second-order valence-corrected chi connectivity index (χ2v) is 2.79. The van der Waals surface area contributed by atoms with Crippen LogP contribution in [0, 0.1) is 11.8 Å². The Hall–Kier alpha value is -1.39. The number of hydrogen-bond donors (Lipinski definition) is 2. The Balaban J connectivity index is 2.70. The van der Waals surface area contributed by atoms with Crippen LogP contribution >= 0.6 is 0 Å². The number of carboxylic acids is 2. The van der Waals surface area contributed by atoms with E-state index in [1.165, 1.54) is 0 Å². The molecule has 1 aliphatic carbocycles. The van der Waals surface area contributed by atoms with Crippen molar-refractivity contribution in [2.24, 2.45) is 11.8 Å². The minimum Gasteiger partial charge on any atom is -0.480 e. The summed E-state index contributed by atoms with van der Waals surface area (Å²) in [6, 6.07) is 0. The van der Waals surface area contributed by atoms with Gasteiger partial charge in [0.1, 0.15) is 0 Å². The maximum absolute atomic E-state index is 11.0. The first-order valence-corrected chi connectivity index (χ1v) is 3.53. The molecule has 0 heterocycles. The first-order valence-electron chi connectivity index (χ1n) is 3.53. The van der Waals surface area contributed by atoms with Crippen LogP contribution in [0.25, 0.3) is 0 Å². The largest absolute Gasteiger partial charge is 0.480 e. The van der Waals surface area contributed by atoms with E-state index in [0.717, 1.165) is 0 Å². The van der Waals surface area contributed by atoms with Crippen LogP contribution in [-0.2, 0) is 14.4 Å². The first-order chi connectivity index (χ1) is 5.54. The topological polar surface area (TPSA) is 91.7 Å². The number of Topliss-reactive ketones (excluding diaryl/α,β-unsaturated/α-hetero) is 1. The Labute approximate surface area is 68.0 Å². The van der Waals surface area contributed by atoms with E-state index in [-0.39, 0.29) is 5.92 Å². The first kappa shape index (κ1) is 8.70. The zero-order valence-electron chi connectivity index (χ0n) is 6.19. The third kappa shape index (κ3) is 1.61. The summed E-state index contributed by atoms with van der Waals surface area (Å²) in [4.78, 5) is 31.7. The molecule has 0 unspecified atom stereocenters. The van der Waals surface area contributed by atoms with E-state index < -0.39 is 23.6 Å². The van der Waals surface area contributed by atoms with Crippen LogP contribution < -0.4 is 0 Å². The number of carboxylic acid groups (broad SMARTS) is 2. The number of aliphatic carboxylic acids is 2. The van der Waals surface area contributed by atoms with Crippen LogP contribution in [0.3, 0.4) is 0 Å². The smallest absolute Gasteiger partial charge is 0.325 e. The third-order valence-corrected chi connectivity index (χ3v) is 1.76. The molecule has 1 fully saturated rings. The van der Waals surface area contributed by atoms with Crippen molar-refractivity contribution in [1.82, 2.24) is 0 Å². The molecule has 5 heteroatoms. The third-order valence-electron chi connectivity index (χ3n) is 1.76. The minimum absolute atomic E-state index is 0.331. The van der Waals surface area contributed by atoms with Gasteiger partial charge in [0.15, 0.2) is 5.78 Å². The van der Waals surface area contributed by atoms with Gasteiger partial charge in [0.25, 0.3) is 0 Å². The van der Waals surface area contributed by atoms with Gasteiger partial charge in [0.2, 0.25) is 5.92 Å². The lowest BCUT2D eigenvalue weighted by atomic mass is 10.0. The van der Waals surface area contributed by atoms with Crippen molar-refractivity contribution in [3.8, 4) is 0 Å². The summed E-state index contributed by atoms with van der Waals surface area (Å²) in [6.07, 6.45) is 1.24. The van der Waals surface area contributed by atoms with Crippen LogP contribution in [-0.4, -0.2) is 27.9 Å². The molecule has 1 aliphatic rings. The summed E-state index contributed by atoms with van der Waals surface area (Å²) in [5.74, 6) is -6.01. The van der Waals surface area contributed by atoms with Gasteiger partial charge in [0.05, 0.1) is 0 Å². The van der Waals surface area contributed by atoms with E-state index in [9.17, 15) is 14.4 Å². The van der Waals surface area contributed by atoms with Crippen molar-refractivity contribution >= 4 is 17.7 Å². The summed E-state index contributed by atoms with van der Waals surface area (Å²) in [6.45, 7) is 0. The number of ketones is 1. The average Bonchev–Trinajstić information content (AvgIpc) is 2.64. The predicted octanol–water partition coefficient (Wildman–Crippen LogP) is -0.249. The predicted molar refractivity (Wildman–Crippen MR) is 36.5 cm³/mol. The molecular weight excluding hydrogens is 164 g/mol. The van der Waals surface area contributed by atoms with Gasteiger partial charge >= 0.3 is 11.9 Å². The molecule has 12 heavy (non-hydrogen) atoms. The van der Waals surface area contributed by atoms with E-state index in [1.54, 1.807) is 0 Å². The Morgan fingerprint density at radius 3 is 1.75 bits per heavy atom. The van der Waals surface area contributed by atoms with Crippen molar-refractivity contribution in [3.63, 3.8) is 0 Å². The zero-order valence-corrected chi connectivity index (χ0v) is 6.19. The van der Waals surface area contributed by atoms with Crippen LogP contribution in [0.2, 0.25) is 0 Å². The van der Waals surface area contributed by atoms with Gasteiger partial charge in [-0.3, -0.25) is 14.4 Å². The monoisotopic (exact) mass is 172 g/mol. The zero-order chi connectivity index (χ0) is 9.30. The Morgan fingerprint density at radius 2 is 1.50 bits per heavy atom. The SMILES string of the molecule is O=C(O)C(C(=O)O)C(=O)C1CC1. The lowest BCUT2D eigenvalue weighted by Gasteiger charge is -2.03. The number of carbonyl (C=O) groups excluding carboxylic acids is 1. The minimum atomic E-state index is -1.86. The molecular formula is C7H8O5. The van der Waals surface area contributed by atoms with Gasteiger partial charge in [-0.15, -0.1) is 0 Å². The number of carbonyl (C=O) groups is 3. The van der Waals surface area contributed by atoms with Gasteiger partial charge in [-0.25, -0.2) is 0 Å². The Bertz CT molecular complexity index is 226. The van der Waals surface area contributed by atoms with Crippen LogP contribution in [0.1, 0.15) is 12.8 Å². The molecule has 0 radical (unpaired) electrons. The summed E-state index contributed by atoms with van der Waals surface area (Å²) in [5.41, 5.74) is 0. The second-order valence-electron chi connectivity index (χ2n) is 2.79. The Kier molecular flexibility index (Phi) is 2.12. The maximum Gasteiger partial charge on any atom is 0.325 e. The highest BCUT2D eigenvalue weighted by molar-refractivity contribution is 6.15. The fourth-order valence-corrected chi connectivity index (χ4v) is 0.953. The average molecular weight is 172 g/mol. The van der Waals surface area contributed by atoms with Crippen LogP contribution in [0.5, 0.6) is 0 Å². The fraction of sp³-hybridized carbons (Fsp3) is 0.571. The molecule has 0 atom stereocenters. The van der Waals surface area contributed by atoms with E-state index in [0.29, 0.717) is 12.8 Å². The second kappa shape index (κ2) is 2.92. The van der Waals surface area contributed by atoms with E-state index in [2.05, 4.69) is 0 Å². The molecule has 1 rings (SSSR count). The molecule has 0 aliphatic heterocycles. The van der Waals surface area contributed by atoms with Crippen molar-refractivity contribution in [2.45, 2.75) is 12.8 Å².